The lowest BCUT2D eigenvalue weighted by atomic mass is 10.0. The van der Waals surface area contributed by atoms with Crippen LogP contribution in [0.2, 0.25) is 0 Å². The molecule has 3 N–H and O–H groups in total. The standard InChI is InChI=1S/C23H30N4O3S/c1-17-6-8-18(9-7-17)21-16-22(26-25-21)23(28)24-19-10-12-20(13-11-19)31(29,30)27-14-4-2-3-5-15-27/h6-13,21-22,25-26H,2-5,14-16H2,1H3,(H,24,28). The molecule has 2 aliphatic heterocycles. The Kier molecular flexibility index (Phi) is 6.71. The Hall–Kier alpha value is -2.26. The van der Waals surface area contributed by atoms with Crippen molar-refractivity contribution >= 4 is 21.6 Å². The van der Waals surface area contributed by atoms with E-state index in [0.717, 1.165) is 31.2 Å². The molecule has 2 aromatic rings. The Bertz CT molecular complexity index is 998. The second-order valence-electron chi connectivity index (χ2n) is 8.37. The highest BCUT2D eigenvalue weighted by Gasteiger charge is 2.30. The molecule has 2 atom stereocenters. The molecule has 0 spiro atoms. The monoisotopic (exact) mass is 442 g/mol. The number of nitrogens with zero attached hydrogens (tertiary/aromatic N) is 1. The third-order valence-electron chi connectivity index (χ3n) is 6.02. The first-order chi connectivity index (χ1) is 14.9. The number of benzene rings is 2. The number of aryl methyl sites for hydroxylation is 1. The molecular weight excluding hydrogens is 412 g/mol. The van der Waals surface area contributed by atoms with E-state index >= 15 is 0 Å². The highest BCUT2D eigenvalue weighted by molar-refractivity contribution is 7.89. The van der Waals surface area contributed by atoms with Crippen molar-refractivity contribution in [3.63, 3.8) is 0 Å². The van der Waals surface area contributed by atoms with Crippen LogP contribution in [0.3, 0.4) is 0 Å². The van der Waals surface area contributed by atoms with Gasteiger partial charge in [-0.2, -0.15) is 4.31 Å². The van der Waals surface area contributed by atoms with Crippen LogP contribution in [-0.4, -0.2) is 37.8 Å². The first-order valence-electron chi connectivity index (χ1n) is 10.9. The fraction of sp³-hybridized carbons (Fsp3) is 0.435. The molecule has 0 radical (unpaired) electrons. The van der Waals surface area contributed by atoms with Gasteiger partial charge in [0.2, 0.25) is 15.9 Å². The summed E-state index contributed by atoms with van der Waals surface area (Å²) >= 11 is 0. The summed E-state index contributed by atoms with van der Waals surface area (Å²) in [6.07, 6.45) is 4.59. The normalized spacial score (nSPS) is 22.7. The maximum atomic E-state index is 12.9. The van der Waals surface area contributed by atoms with E-state index in [9.17, 15) is 13.2 Å². The summed E-state index contributed by atoms with van der Waals surface area (Å²) in [6.45, 7) is 3.19. The lowest BCUT2D eigenvalue weighted by molar-refractivity contribution is -0.117. The highest BCUT2D eigenvalue weighted by Crippen LogP contribution is 2.24. The van der Waals surface area contributed by atoms with E-state index in [1.165, 1.54) is 5.56 Å². The minimum atomic E-state index is -3.49. The molecule has 0 aromatic heterocycles. The first-order valence-corrected chi connectivity index (χ1v) is 12.4. The van der Waals surface area contributed by atoms with E-state index < -0.39 is 10.0 Å². The number of hydrazine groups is 1. The number of hydrogen-bond acceptors (Lipinski definition) is 5. The van der Waals surface area contributed by atoms with Gasteiger partial charge in [-0.1, -0.05) is 42.7 Å². The van der Waals surface area contributed by atoms with Gasteiger partial charge in [-0.15, -0.1) is 0 Å². The van der Waals surface area contributed by atoms with E-state index in [0.29, 0.717) is 25.2 Å². The van der Waals surface area contributed by atoms with Crippen LogP contribution < -0.4 is 16.2 Å². The SMILES string of the molecule is Cc1ccc(C2CC(C(=O)Nc3ccc(S(=O)(=O)N4CCCCCC4)cc3)NN2)cc1. The summed E-state index contributed by atoms with van der Waals surface area (Å²) < 4.78 is 27.4. The lowest BCUT2D eigenvalue weighted by Gasteiger charge is -2.20. The van der Waals surface area contributed by atoms with Gasteiger partial charge >= 0.3 is 0 Å². The van der Waals surface area contributed by atoms with Crippen LogP contribution in [0.5, 0.6) is 0 Å². The number of sulfonamides is 1. The van der Waals surface area contributed by atoms with Crippen molar-refractivity contribution in [2.75, 3.05) is 18.4 Å². The molecule has 2 fully saturated rings. The van der Waals surface area contributed by atoms with Gasteiger partial charge < -0.3 is 5.32 Å². The van der Waals surface area contributed by atoms with Crippen LogP contribution in [0.25, 0.3) is 0 Å². The molecule has 2 aliphatic rings. The number of nitrogens with one attached hydrogen (secondary N) is 3. The highest BCUT2D eigenvalue weighted by atomic mass is 32.2. The second-order valence-corrected chi connectivity index (χ2v) is 10.3. The molecule has 31 heavy (non-hydrogen) atoms. The molecule has 166 valence electrons. The third kappa shape index (κ3) is 5.15. The maximum Gasteiger partial charge on any atom is 0.243 e. The van der Waals surface area contributed by atoms with E-state index in [4.69, 9.17) is 0 Å². The minimum absolute atomic E-state index is 0.0671. The summed E-state index contributed by atoms with van der Waals surface area (Å²) in [5.74, 6) is -0.148. The quantitative estimate of drug-likeness (QED) is 0.662. The van der Waals surface area contributed by atoms with Crippen molar-refractivity contribution in [2.45, 2.75) is 56.0 Å². The zero-order valence-electron chi connectivity index (χ0n) is 17.8. The summed E-state index contributed by atoms with van der Waals surface area (Å²) in [5.41, 5.74) is 9.16. The van der Waals surface area contributed by atoms with Crippen molar-refractivity contribution in [3.05, 3.63) is 59.7 Å². The number of amides is 1. The summed E-state index contributed by atoms with van der Waals surface area (Å²) in [7, 11) is -3.49. The Morgan fingerprint density at radius 2 is 1.58 bits per heavy atom. The zero-order chi connectivity index (χ0) is 21.8. The van der Waals surface area contributed by atoms with E-state index in [1.807, 2.05) is 6.92 Å². The van der Waals surface area contributed by atoms with Gasteiger partial charge in [-0.3, -0.25) is 4.79 Å². The molecule has 4 rings (SSSR count). The predicted molar refractivity (Wildman–Crippen MR) is 121 cm³/mol. The molecule has 0 saturated carbocycles. The Morgan fingerprint density at radius 3 is 2.23 bits per heavy atom. The van der Waals surface area contributed by atoms with Crippen LogP contribution >= 0.6 is 0 Å². The number of anilines is 1. The van der Waals surface area contributed by atoms with Crippen molar-refractivity contribution in [3.8, 4) is 0 Å². The molecule has 7 nitrogen and oxygen atoms in total. The Morgan fingerprint density at radius 1 is 0.935 bits per heavy atom. The number of carbonyl (C=O) groups excluding carboxylic acids is 1. The van der Waals surface area contributed by atoms with Crippen molar-refractivity contribution in [1.82, 2.24) is 15.2 Å². The molecular formula is C23H30N4O3S. The van der Waals surface area contributed by atoms with Crippen LogP contribution in [0.15, 0.2) is 53.4 Å². The summed E-state index contributed by atoms with van der Waals surface area (Å²) in [5, 5.41) is 2.88. The predicted octanol–water partition coefficient (Wildman–Crippen LogP) is 3.11. The topological polar surface area (TPSA) is 90.5 Å². The maximum absolute atomic E-state index is 12.9. The molecule has 0 aliphatic carbocycles. The van der Waals surface area contributed by atoms with Gasteiger partial charge in [-0.25, -0.2) is 19.3 Å². The Balaban J connectivity index is 1.36. The van der Waals surface area contributed by atoms with Gasteiger partial charge in [0.25, 0.3) is 0 Å². The van der Waals surface area contributed by atoms with Crippen LogP contribution in [0, 0.1) is 6.92 Å². The number of hydrogen-bond donors (Lipinski definition) is 3. The van der Waals surface area contributed by atoms with Gasteiger partial charge in [-0.05, 0) is 56.0 Å². The minimum Gasteiger partial charge on any atom is -0.325 e. The van der Waals surface area contributed by atoms with Crippen molar-refractivity contribution < 1.29 is 13.2 Å². The third-order valence-corrected chi connectivity index (χ3v) is 7.94. The average molecular weight is 443 g/mol. The lowest BCUT2D eigenvalue weighted by Crippen LogP contribution is -2.39. The van der Waals surface area contributed by atoms with E-state index in [-0.39, 0.29) is 22.9 Å². The average Bonchev–Trinajstić information content (AvgIpc) is 3.09. The van der Waals surface area contributed by atoms with E-state index in [1.54, 1.807) is 28.6 Å². The van der Waals surface area contributed by atoms with Gasteiger partial charge in [0.15, 0.2) is 0 Å². The molecule has 2 unspecified atom stereocenters. The van der Waals surface area contributed by atoms with Crippen LogP contribution in [0.4, 0.5) is 5.69 Å². The fourth-order valence-corrected chi connectivity index (χ4v) is 5.63. The molecule has 2 saturated heterocycles. The molecule has 0 bridgehead atoms. The fourth-order valence-electron chi connectivity index (χ4n) is 4.12. The molecule has 1 amide bonds. The van der Waals surface area contributed by atoms with Crippen LogP contribution in [0.1, 0.15) is 49.3 Å². The number of rotatable bonds is 5. The second kappa shape index (κ2) is 9.48. The van der Waals surface area contributed by atoms with Gasteiger partial charge in [0.05, 0.1) is 4.90 Å². The summed E-state index contributed by atoms with van der Waals surface area (Å²) in [6, 6.07) is 14.4. The van der Waals surface area contributed by atoms with Crippen molar-refractivity contribution in [2.24, 2.45) is 0 Å². The number of carbonyl (C=O) groups is 1. The van der Waals surface area contributed by atoms with Gasteiger partial charge in [0, 0.05) is 24.8 Å². The zero-order valence-corrected chi connectivity index (χ0v) is 18.6. The molecule has 8 heteroatoms. The molecule has 2 aromatic carbocycles. The summed E-state index contributed by atoms with van der Waals surface area (Å²) in [4.78, 5) is 12.9. The Labute approximate surface area is 184 Å². The van der Waals surface area contributed by atoms with Crippen molar-refractivity contribution in [1.29, 1.82) is 0 Å². The smallest absolute Gasteiger partial charge is 0.243 e. The molecule has 2 heterocycles. The van der Waals surface area contributed by atoms with E-state index in [2.05, 4.69) is 40.4 Å². The van der Waals surface area contributed by atoms with Gasteiger partial charge in [0.1, 0.15) is 6.04 Å². The van der Waals surface area contributed by atoms with Crippen LogP contribution in [-0.2, 0) is 14.8 Å². The first kappa shape index (κ1) is 22.0. The largest absolute Gasteiger partial charge is 0.325 e.